The van der Waals surface area contributed by atoms with Crippen molar-refractivity contribution in [3.8, 4) is 0 Å². The van der Waals surface area contributed by atoms with Crippen molar-refractivity contribution in [3.05, 3.63) is 76.5 Å². The maximum atomic E-state index is 14.2. The molecule has 1 fully saturated rings. The molecule has 1 saturated heterocycles. The van der Waals surface area contributed by atoms with E-state index < -0.39 is 5.82 Å². The predicted molar refractivity (Wildman–Crippen MR) is 140 cm³/mol. The summed E-state index contributed by atoms with van der Waals surface area (Å²) in [6.07, 6.45) is 6.42. The van der Waals surface area contributed by atoms with Gasteiger partial charge in [0, 0.05) is 24.3 Å². The van der Waals surface area contributed by atoms with Crippen molar-refractivity contribution in [1.29, 1.82) is 0 Å². The van der Waals surface area contributed by atoms with Crippen LogP contribution in [-0.4, -0.2) is 59.7 Å². The van der Waals surface area contributed by atoms with Crippen LogP contribution in [0.25, 0.3) is 0 Å². The third-order valence-electron chi connectivity index (χ3n) is 5.60. The average molecular weight is 507 g/mol. The van der Waals surface area contributed by atoms with Gasteiger partial charge in [0.05, 0.1) is 60.5 Å². The van der Waals surface area contributed by atoms with E-state index in [1.165, 1.54) is 11.8 Å². The van der Waals surface area contributed by atoms with Crippen molar-refractivity contribution in [2.75, 3.05) is 48.5 Å². The van der Waals surface area contributed by atoms with E-state index in [1.54, 1.807) is 6.20 Å². The number of nitrogens with zero attached hydrogens (tertiary/aromatic N) is 6. The number of benzene rings is 1. The average Bonchev–Trinajstić information content (AvgIpc) is 3.32. The highest BCUT2D eigenvalue weighted by Gasteiger charge is 2.17. The maximum absolute atomic E-state index is 14.2. The minimum atomic E-state index is -0.480. The molecule has 0 aliphatic carbocycles. The molecular formula is C25H24ClFN8O. The first-order chi connectivity index (χ1) is 17.5. The van der Waals surface area contributed by atoms with Gasteiger partial charge >= 0.3 is 0 Å². The van der Waals surface area contributed by atoms with Crippen LogP contribution in [0.15, 0.2) is 64.5 Å². The van der Waals surface area contributed by atoms with Crippen molar-refractivity contribution in [2.45, 2.75) is 6.92 Å². The molecule has 11 heteroatoms. The lowest BCUT2D eigenvalue weighted by Crippen LogP contribution is -2.37. The Morgan fingerprint density at radius 3 is 2.67 bits per heavy atom. The van der Waals surface area contributed by atoms with E-state index in [0.29, 0.717) is 37.0 Å². The molecular weight excluding hydrogens is 483 g/mol. The second kappa shape index (κ2) is 10.8. The summed E-state index contributed by atoms with van der Waals surface area (Å²) in [5.41, 5.74) is 8.04. The van der Waals surface area contributed by atoms with Crippen molar-refractivity contribution < 1.29 is 9.13 Å². The fraction of sp³-hybridized carbons (Fsp3) is 0.240. The normalized spacial score (nSPS) is 15.7. The third kappa shape index (κ3) is 5.67. The number of anilines is 4. The molecule has 0 saturated carbocycles. The number of allylic oxidation sites excluding steroid dienone is 1. The molecule has 5 rings (SSSR count). The topological polar surface area (TPSA) is 99.9 Å². The van der Waals surface area contributed by atoms with Crippen LogP contribution in [0.1, 0.15) is 18.2 Å². The molecule has 2 aromatic heterocycles. The van der Waals surface area contributed by atoms with Gasteiger partial charge in [-0.1, -0.05) is 11.6 Å². The molecule has 1 aromatic carbocycles. The van der Waals surface area contributed by atoms with E-state index in [1.807, 2.05) is 35.2 Å². The number of hydrogen-bond donors (Lipinski definition) is 2. The van der Waals surface area contributed by atoms with E-state index in [9.17, 15) is 4.39 Å². The lowest BCUT2D eigenvalue weighted by Gasteiger charge is -2.27. The highest BCUT2D eigenvalue weighted by atomic mass is 35.5. The summed E-state index contributed by atoms with van der Waals surface area (Å²) in [7, 11) is 0. The van der Waals surface area contributed by atoms with Gasteiger partial charge in [-0.05, 0) is 48.9 Å². The third-order valence-corrected chi connectivity index (χ3v) is 5.91. The quantitative estimate of drug-likeness (QED) is 0.361. The minimum Gasteiger partial charge on any atom is -0.378 e. The van der Waals surface area contributed by atoms with Crippen LogP contribution in [0.4, 0.5) is 27.5 Å². The van der Waals surface area contributed by atoms with Crippen molar-refractivity contribution in [1.82, 2.24) is 15.0 Å². The van der Waals surface area contributed by atoms with Gasteiger partial charge in [0.15, 0.2) is 11.6 Å². The number of hydrazone groups is 1. The van der Waals surface area contributed by atoms with E-state index in [2.05, 4.69) is 48.8 Å². The first kappa shape index (κ1) is 23.8. The summed E-state index contributed by atoms with van der Waals surface area (Å²) >= 11 is 6.49. The number of halogens is 2. The van der Waals surface area contributed by atoms with E-state index in [0.717, 1.165) is 35.4 Å². The van der Waals surface area contributed by atoms with Gasteiger partial charge in [0.1, 0.15) is 0 Å². The molecule has 36 heavy (non-hydrogen) atoms. The molecule has 2 N–H and O–H groups in total. The largest absolute Gasteiger partial charge is 0.378 e. The Bertz CT molecular complexity index is 1340. The summed E-state index contributed by atoms with van der Waals surface area (Å²) in [5.74, 6) is -0.0520. The molecule has 3 aromatic rings. The zero-order valence-corrected chi connectivity index (χ0v) is 20.3. The van der Waals surface area contributed by atoms with Crippen LogP contribution < -0.4 is 15.6 Å². The van der Waals surface area contributed by atoms with Gasteiger partial charge in [-0.15, -0.1) is 0 Å². The summed E-state index contributed by atoms with van der Waals surface area (Å²) < 4.78 is 19.5. The van der Waals surface area contributed by atoms with Gasteiger partial charge < -0.3 is 15.0 Å². The molecule has 9 nitrogen and oxygen atoms in total. The standard InChI is InChI=1S/C25H24ClFN8O/c1-16-10-23(29-12-16)20-5-4-17(11-21(20)26)32-19-3-2-18(28-13-19)14-31-34-25-30-15-22(27)24(33-25)35-6-8-36-9-7-35/h2-5,10-11,13-15,32H,6-9,12H2,1H3,(H,30,33,34)/b31-14+. The molecule has 0 amide bonds. The van der Waals surface area contributed by atoms with E-state index in [4.69, 9.17) is 16.3 Å². The molecule has 4 heterocycles. The molecule has 2 aliphatic heterocycles. The number of aromatic nitrogens is 3. The Hall–Kier alpha value is -3.89. The summed E-state index contributed by atoms with van der Waals surface area (Å²) in [6.45, 7) is 4.98. The van der Waals surface area contributed by atoms with Gasteiger partial charge in [-0.2, -0.15) is 10.1 Å². The number of pyridine rings is 1. The number of rotatable bonds is 7. The Balaban J connectivity index is 1.19. The van der Waals surface area contributed by atoms with Crippen LogP contribution >= 0.6 is 11.6 Å². The number of morpholine rings is 1. The monoisotopic (exact) mass is 506 g/mol. The number of aliphatic imine (C=N–C) groups is 1. The van der Waals surface area contributed by atoms with Crippen LogP contribution in [0.5, 0.6) is 0 Å². The molecule has 0 bridgehead atoms. The smallest absolute Gasteiger partial charge is 0.245 e. The zero-order valence-electron chi connectivity index (χ0n) is 19.6. The van der Waals surface area contributed by atoms with Crippen LogP contribution in [0.2, 0.25) is 5.02 Å². The zero-order chi connectivity index (χ0) is 24.9. The van der Waals surface area contributed by atoms with Crippen molar-refractivity contribution in [3.63, 3.8) is 0 Å². The Morgan fingerprint density at radius 2 is 1.94 bits per heavy atom. The molecule has 0 radical (unpaired) electrons. The SMILES string of the molecule is CC1=CC(c2ccc(Nc3ccc(/C=N/Nc4ncc(F)c(N5CCOCC5)n4)nc3)cc2Cl)=NC1. The maximum Gasteiger partial charge on any atom is 0.245 e. The molecule has 0 spiro atoms. The second-order valence-corrected chi connectivity index (χ2v) is 8.73. The number of nitrogens with one attached hydrogen (secondary N) is 2. The highest BCUT2D eigenvalue weighted by Crippen LogP contribution is 2.26. The van der Waals surface area contributed by atoms with Crippen molar-refractivity contribution in [2.24, 2.45) is 10.1 Å². The molecule has 0 atom stereocenters. The predicted octanol–water partition coefficient (Wildman–Crippen LogP) is 4.44. The lowest BCUT2D eigenvalue weighted by atomic mass is 10.1. The van der Waals surface area contributed by atoms with Crippen LogP contribution in [-0.2, 0) is 4.74 Å². The van der Waals surface area contributed by atoms with Crippen LogP contribution in [0.3, 0.4) is 0 Å². The van der Waals surface area contributed by atoms with Crippen molar-refractivity contribution >= 4 is 46.7 Å². The van der Waals surface area contributed by atoms with Crippen LogP contribution in [0, 0.1) is 5.82 Å². The summed E-state index contributed by atoms with van der Waals surface area (Å²) in [4.78, 5) is 18.9. The Morgan fingerprint density at radius 1 is 1.11 bits per heavy atom. The van der Waals surface area contributed by atoms with Gasteiger partial charge in [-0.3, -0.25) is 9.98 Å². The lowest BCUT2D eigenvalue weighted by molar-refractivity contribution is 0.122. The summed E-state index contributed by atoms with van der Waals surface area (Å²) in [6, 6.07) is 9.48. The van der Waals surface area contributed by atoms with E-state index >= 15 is 0 Å². The van der Waals surface area contributed by atoms with Gasteiger partial charge in [0.2, 0.25) is 5.95 Å². The Labute approximate surface area is 212 Å². The number of hydrogen-bond acceptors (Lipinski definition) is 9. The molecule has 184 valence electrons. The van der Waals surface area contributed by atoms with Gasteiger partial charge in [0.25, 0.3) is 0 Å². The Kier molecular flexibility index (Phi) is 7.15. The molecule has 2 aliphatic rings. The fourth-order valence-electron chi connectivity index (χ4n) is 3.79. The molecule has 0 unspecified atom stereocenters. The fourth-order valence-corrected chi connectivity index (χ4v) is 4.06. The number of ether oxygens (including phenoxy) is 1. The minimum absolute atomic E-state index is 0.196. The second-order valence-electron chi connectivity index (χ2n) is 8.32. The van der Waals surface area contributed by atoms with E-state index in [-0.39, 0.29) is 11.8 Å². The first-order valence-corrected chi connectivity index (χ1v) is 11.8. The summed E-state index contributed by atoms with van der Waals surface area (Å²) in [5, 5.41) is 8.05. The first-order valence-electron chi connectivity index (χ1n) is 11.4. The van der Waals surface area contributed by atoms with Gasteiger partial charge in [-0.25, -0.2) is 14.8 Å². The highest BCUT2D eigenvalue weighted by molar-refractivity contribution is 6.35.